The molecule has 0 amide bonds. The molecule has 4 heterocycles. The van der Waals surface area contributed by atoms with Gasteiger partial charge in [-0.05, 0) is 46.3 Å². The number of alkyl halides is 2. The Morgan fingerprint density at radius 3 is 2.43 bits per heavy atom. The first kappa shape index (κ1) is 27.0. The fourth-order valence-corrected chi connectivity index (χ4v) is 4.66. The summed E-state index contributed by atoms with van der Waals surface area (Å²) in [4.78, 5) is 0. The second-order valence-corrected chi connectivity index (χ2v) is 9.50. The van der Waals surface area contributed by atoms with Gasteiger partial charge in [-0.25, -0.2) is 8.78 Å². The lowest BCUT2D eigenvalue weighted by atomic mass is 10.00. The normalized spacial score (nSPS) is 12.2. The van der Waals surface area contributed by atoms with E-state index in [2.05, 4.69) is 30.9 Å². The summed E-state index contributed by atoms with van der Waals surface area (Å²) in [5.74, 6) is -1.20. The molecule has 0 spiro atoms. The molecule has 0 aliphatic carbocycles. The third-order valence-electron chi connectivity index (χ3n) is 6.51. The van der Waals surface area contributed by atoms with Crippen LogP contribution in [0.15, 0.2) is 79.6 Å². The molecule has 0 bridgehead atoms. The molecule has 6 rings (SSSR count). The molecule has 212 valence electrons. The Morgan fingerprint density at radius 1 is 0.929 bits per heavy atom. The van der Waals surface area contributed by atoms with Crippen molar-refractivity contribution in [2.45, 2.75) is 19.0 Å². The van der Waals surface area contributed by atoms with Gasteiger partial charge in [0.1, 0.15) is 23.9 Å². The third-order valence-corrected chi connectivity index (χ3v) is 6.80. The average molecular weight is 597 g/mol. The first-order chi connectivity index (χ1) is 20.3. The Morgan fingerprint density at radius 2 is 1.74 bits per heavy atom. The molecule has 0 radical (unpaired) electrons. The molecule has 0 saturated heterocycles. The van der Waals surface area contributed by atoms with Crippen molar-refractivity contribution in [2.75, 3.05) is 0 Å². The quantitative estimate of drug-likeness (QED) is 0.143. The zero-order valence-electron chi connectivity index (χ0n) is 21.1. The SMILES string of the molecule is [O-][n+]1cc(-c2c(-n3cnnn3)ccc(Cl)c2F)ccc1[C@@H](Cc1ccc(F)cc1)n1cc(-c2cn(C(F)F)nn2)cn1. The number of hydrogen-bond acceptors (Lipinski definition) is 7. The van der Waals surface area contributed by atoms with Gasteiger partial charge in [-0.2, -0.15) is 28.0 Å². The number of nitrogens with zero attached hydrogens (tertiary/aromatic N) is 10. The van der Waals surface area contributed by atoms with E-state index in [1.807, 2.05) is 0 Å². The molecular formula is C26H17ClF4N10O. The predicted octanol–water partition coefficient (Wildman–Crippen LogP) is 4.58. The van der Waals surface area contributed by atoms with Crippen LogP contribution in [0.25, 0.3) is 28.1 Å². The van der Waals surface area contributed by atoms with Crippen molar-refractivity contribution in [3.63, 3.8) is 0 Å². The molecule has 42 heavy (non-hydrogen) atoms. The minimum Gasteiger partial charge on any atom is -0.618 e. The molecule has 4 aromatic heterocycles. The zero-order valence-corrected chi connectivity index (χ0v) is 21.9. The number of pyridine rings is 1. The molecule has 0 fully saturated rings. The lowest BCUT2D eigenvalue weighted by molar-refractivity contribution is -0.615. The van der Waals surface area contributed by atoms with Gasteiger partial charge in [0.2, 0.25) is 5.69 Å². The van der Waals surface area contributed by atoms with Crippen LogP contribution in [0.3, 0.4) is 0 Å². The zero-order chi connectivity index (χ0) is 29.4. The van der Waals surface area contributed by atoms with E-state index in [0.29, 0.717) is 20.5 Å². The smallest absolute Gasteiger partial charge is 0.334 e. The maximum atomic E-state index is 15.3. The van der Waals surface area contributed by atoms with Crippen molar-refractivity contribution in [1.29, 1.82) is 0 Å². The van der Waals surface area contributed by atoms with E-state index in [0.717, 1.165) is 6.20 Å². The minimum absolute atomic E-state index is 0.00419. The molecule has 11 nitrogen and oxygen atoms in total. The van der Waals surface area contributed by atoms with Gasteiger partial charge in [0, 0.05) is 24.2 Å². The Balaban J connectivity index is 1.42. The second-order valence-electron chi connectivity index (χ2n) is 9.10. The Hall–Kier alpha value is -5.18. The molecule has 0 N–H and O–H groups in total. The van der Waals surface area contributed by atoms with Crippen molar-refractivity contribution in [2.24, 2.45) is 0 Å². The van der Waals surface area contributed by atoms with Crippen LogP contribution >= 0.6 is 11.6 Å². The van der Waals surface area contributed by atoms with Crippen LogP contribution in [0.5, 0.6) is 0 Å². The van der Waals surface area contributed by atoms with Crippen LogP contribution in [0.1, 0.15) is 23.8 Å². The van der Waals surface area contributed by atoms with Crippen molar-refractivity contribution >= 4 is 11.6 Å². The highest BCUT2D eigenvalue weighted by molar-refractivity contribution is 6.31. The highest BCUT2D eigenvalue weighted by Gasteiger charge is 2.27. The van der Waals surface area contributed by atoms with Gasteiger partial charge in [0.25, 0.3) is 0 Å². The van der Waals surface area contributed by atoms with Gasteiger partial charge in [0.05, 0.1) is 34.2 Å². The molecule has 0 unspecified atom stereocenters. The highest BCUT2D eigenvalue weighted by Crippen LogP contribution is 2.34. The van der Waals surface area contributed by atoms with Crippen molar-refractivity contribution in [3.05, 3.63) is 113 Å². The number of hydrogen-bond donors (Lipinski definition) is 0. The fraction of sp³-hybridized carbons (Fsp3) is 0.115. The van der Waals surface area contributed by atoms with Crippen molar-refractivity contribution < 1.29 is 22.3 Å². The van der Waals surface area contributed by atoms with Gasteiger partial charge in [-0.15, -0.1) is 10.2 Å². The van der Waals surface area contributed by atoms with Gasteiger partial charge in [-0.3, -0.25) is 4.68 Å². The van der Waals surface area contributed by atoms with E-state index in [4.69, 9.17) is 11.6 Å². The third kappa shape index (κ3) is 5.16. The first-order valence-electron chi connectivity index (χ1n) is 12.2. The summed E-state index contributed by atoms with van der Waals surface area (Å²) in [6.07, 6.45) is 6.68. The maximum Gasteiger partial charge on any atom is 0.334 e. The molecule has 0 saturated carbocycles. The fourth-order valence-electron chi connectivity index (χ4n) is 4.50. The van der Waals surface area contributed by atoms with Gasteiger partial charge in [-0.1, -0.05) is 28.9 Å². The summed E-state index contributed by atoms with van der Waals surface area (Å²) in [5.41, 5.74) is 1.89. The van der Waals surface area contributed by atoms with Crippen molar-refractivity contribution in [3.8, 4) is 28.1 Å². The summed E-state index contributed by atoms with van der Waals surface area (Å²) in [6.45, 7) is -2.86. The topological polar surface area (TPSA) is 119 Å². The first-order valence-corrected chi connectivity index (χ1v) is 12.6. The number of tetrazole rings is 1. The number of aromatic nitrogens is 10. The Labute approximate surface area is 238 Å². The van der Waals surface area contributed by atoms with Crippen LogP contribution in [0, 0.1) is 16.8 Å². The van der Waals surface area contributed by atoms with Crippen LogP contribution in [0.2, 0.25) is 5.02 Å². The van der Waals surface area contributed by atoms with Gasteiger partial charge in [0.15, 0.2) is 12.0 Å². The predicted molar refractivity (Wildman–Crippen MR) is 139 cm³/mol. The molecular weight excluding hydrogens is 580 g/mol. The van der Waals surface area contributed by atoms with E-state index < -0.39 is 24.2 Å². The highest BCUT2D eigenvalue weighted by atomic mass is 35.5. The van der Waals surface area contributed by atoms with Crippen molar-refractivity contribution in [1.82, 2.24) is 45.0 Å². The van der Waals surface area contributed by atoms with E-state index in [-0.39, 0.29) is 39.6 Å². The standard InChI is InChI=1S/C26H17ClF4N10O/c27-19-6-8-22(40-14-32-35-37-40)24(25(19)29)16-3-7-21(41(42)12-16)23(9-15-1-4-18(28)5-2-15)38-11-17(10-33-38)20-13-39(26(30)31)36-34-20/h1-8,10-14,23,26H,9H2/t23-/m1/s1. The summed E-state index contributed by atoms with van der Waals surface area (Å²) < 4.78 is 58.6. The molecule has 6 aromatic rings. The summed E-state index contributed by atoms with van der Waals surface area (Å²) in [7, 11) is 0. The van der Waals surface area contributed by atoms with Crippen LogP contribution in [-0.2, 0) is 6.42 Å². The van der Waals surface area contributed by atoms with Gasteiger partial charge < -0.3 is 5.21 Å². The average Bonchev–Trinajstić information content (AvgIpc) is 3.76. The monoisotopic (exact) mass is 596 g/mol. The lowest BCUT2D eigenvalue weighted by Crippen LogP contribution is -2.36. The van der Waals surface area contributed by atoms with Crippen LogP contribution < -0.4 is 4.73 Å². The van der Waals surface area contributed by atoms with Crippen LogP contribution in [0.4, 0.5) is 17.6 Å². The van der Waals surface area contributed by atoms with E-state index in [1.165, 1.54) is 64.6 Å². The molecule has 1 atom stereocenters. The summed E-state index contributed by atoms with van der Waals surface area (Å²) in [6, 6.07) is 10.9. The Kier molecular flexibility index (Phi) is 7.08. The number of rotatable bonds is 8. The summed E-state index contributed by atoms with van der Waals surface area (Å²) in [5, 5.41) is 35.9. The number of benzene rings is 2. The van der Waals surface area contributed by atoms with E-state index in [1.54, 1.807) is 18.2 Å². The minimum atomic E-state index is -2.86. The van der Waals surface area contributed by atoms with Crippen LogP contribution in [-0.4, -0.2) is 45.0 Å². The molecule has 0 aliphatic heterocycles. The van der Waals surface area contributed by atoms with E-state index in [9.17, 15) is 18.4 Å². The molecule has 16 heteroatoms. The lowest BCUT2D eigenvalue weighted by Gasteiger charge is -2.18. The summed E-state index contributed by atoms with van der Waals surface area (Å²) >= 11 is 6.06. The van der Waals surface area contributed by atoms with Gasteiger partial charge >= 0.3 is 6.55 Å². The second kappa shape index (κ2) is 11.0. The number of halogens is 5. The molecule has 2 aromatic carbocycles. The maximum absolute atomic E-state index is 15.3. The van der Waals surface area contributed by atoms with E-state index >= 15 is 4.39 Å². The largest absolute Gasteiger partial charge is 0.618 e. The Bertz CT molecular complexity index is 1860. The molecule has 0 aliphatic rings.